The average molecular weight is 1040 g/mol. The lowest BCUT2D eigenvalue weighted by Crippen LogP contribution is -2.30. The summed E-state index contributed by atoms with van der Waals surface area (Å²) in [4.78, 5) is 38.3. The minimum absolute atomic E-state index is 0.102. The molecule has 75 heavy (non-hydrogen) atoms. The topological polar surface area (TPSA) is 78.9 Å². The lowest BCUT2D eigenvalue weighted by atomic mass is 10.0. The SMILES string of the molecule is CC/C=C\C/C=C\C/C=C\C/C=C\C/C=C\CCCCCC(=O)O[C@H](COC(=O)CCCCCC/C=C\C/C=C\C/C=C\C/C=C\CC)COC(=O)CCCCCCCCCCCCC/C=C\CCCCCCCC. The Morgan fingerprint density at radius 1 is 0.280 bits per heavy atom. The maximum atomic E-state index is 12.9. The van der Waals surface area contributed by atoms with Crippen LogP contribution >= 0.6 is 0 Å². The second-order valence-corrected chi connectivity index (χ2v) is 20.2. The number of hydrogen-bond acceptors (Lipinski definition) is 6. The quantitative estimate of drug-likeness (QED) is 0.0261. The molecule has 0 saturated heterocycles. The minimum atomic E-state index is -0.811. The van der Waals surface area contributed by atoms with Crippen molar-refractivity contribution in [3.63, 3.8) is 0 Å². The van der Waals surface area contributed by atoms with E-state index in [1.54, 1.807) is 0 Å². The molecule has 0 bridgehead atoms. The molecule has 0 fully saturated rings. The number of carbonyl (C=O) groups excluding carboxylic acids is 3. The van der Waals surface area contributed by atoms with E-state index < -0.39 is 6.10 Å². The van der Waals surface area contributed by atoms with E-state index in [9.17, 15) is 14.4 Å². The largest absolute Gasteiger partial charge is 0.462 e. The molecular weight excluding hydrogens is 925 g/mol. The van der Waals surface area contributed by atoms with Gasteiger partial charge < -0.3 is 14.2 Å². The summed E-state index contributed by atoms with van der Waals surface area (Å²) in [5, 5.41) is 0. The summed E-state index contributed by atoms with van der Waals surface area (Å²) in [6.07, 6.45) is 86.2. The molecule has 0 aromatic heterocycles. The molecule has 426 valence electrons. The highest BCUT2D eigenvalue weighted by Gasteiger charge is 2.19. The van der Waals surface area contributed by atoms with Gasteiger partial charge in [-0.25, -0.2) is 0 Å². The number of ether oxygens (including phenoxy) is 3. The van der Waals surface area contributed by atoms with Gasteiger partial charge in [-0.2, -0.15) is 0 Å². The molecule has 0 N–H and O–H groups in total. The van der Waals surface area contributed by atoms with E-state index in [-0.39, 0.29) is 37.5 Å². The zero-order valence-corrected chi connectivity index (χ0v) is 48.8. The number of unbranched alkanes of at least 4 members (excludes halogenated alkanes) is 24. The van der Waals surface area contributed by atoms with Crippen LogP contribution in [0.2, 0.25) is 0 Å². The van der Waals surface area contributed by atoms with Gasteiger partial charge in [-0.3, -0.25) is 14.4 Å². The van der Waals surface area contributed by atoms with Crippen LogP contribution < -0.4 is 0 Å². The molecule has 0 aromatic carbocycles. The van der Waals surface area contributed by atoms with E-state index in [1.807, 2.05) is 0 Å². The first-order chi connectivity index (χ1) is 37.0. The first-order valence-electron chi connectivity index (χ1n) is 31.0. The summed E-state index contributed by atoms with van der Waals surface area (Å²) in [7, 11) is 0. The van der Waals surface area contributed by atoms with Crippen LogP contribution in [0.25, 0.3) is 0 Å². The Labute approximate surface area is 462 Å². The molecule has 0 aliphatic carbocycles. The number of carbonyl (C=O) groups is 3. The van der Waals surface area contributed by atoms with Crippen molar-refractivity contribution in [1.29, 1.82) is 0 Å². The third kappa shape index (κ3) is 60.6. The molecule has 0 aromatic rings. The van der Waals surface area contributed by atoms with Crippen molar-refractivity contribution >= 4 is 17.9 Å². The van der Waals surface area contributed by atoms with Gasteiger partial charge in [0.1, 0.15) is 13.2 Å². The summed E-state index contributed by atoms with van der Waals surface area (Å²) in [5.41, 5.74) is 0. The molecule has 0 unspecified atom stereocenters. The van der Waals surface area contributed by atoms with Crippen molar-refractivity contribution in [2.24, 2.45) is 0 Å². The maximum Gasteiger partial charge on any atom is 0.306 e. The Hall–Kier alpha value is -4.19. The smallest absolute Gasteiger partial charge is 0.306 e. The number of allylic oxidation sites excluding steroid dienone is 20. The molecule has 0 rings (SSSR count). The first-order valence-corrected chi connectivity index (χ1v) is 31.0. The van der Waals surface area contributed by atoms with Crippen LogP contribution in [0.1, 0.15) is 278 Å². The highest BCUT2D eigenvalue weighted by molar-refractivity contribution is 5.71. The molecular formula is C69H114O6. The van der Waals surface area contributed by atoms with E-state index in [4.69, 9.17) is 14.2 Å². The standard InChI is InChI=1S/C69H114O6/c1-4-7-10-13-16-19-22-25-28-31-33-34-36-38-41-44-47-50-53-56-59-62-68(71)74-65-66(64-73-67(70)61-58-55-52-49-46-43-40-37-30-27-24-21-18-15-12-9-6-3)75-69(72)63-60-57-54-51-48-45-42-39-35-32-29-26-23-20-17-14-11-8-5-2/h8-9,11-12,17-18,20-21,25-30,35,39-40,43,45,48,66H,4-7,10,13-16,19,22-24,31-34,36-38,41-42,44,46-47,49-65H2,1-3H3/b11-8-,12-9-,20-17-,21-18-,28-25-,29-26-,30-27-,39-35-,43-40-,48-45-/t66-/m1/s1. The van der Waals surface area contributed by atoms with Gasteiger partial charge in [0.2, 0.25) is 0 Å². The normalized spacial score (nSPS) is 12.9. The van der Waals surface area contributed by atoms with Crippen LogP contribution in [0.4, 0.5) is 0 Å². The number of rotatable bonds is 55. The summed E-state index contributed by atoms with van der Waals surface area (Å²) in [6, 6.07) is 0. The van der Waals surface area contributed by atoms with Crippen molar-refractivity contribution in [3.05, 3.63) is 122 Å². The van der Waals surface area contributed by atoms with Gasteiger partial charge in [-0.15, -0.1) is 0 Å². The first kappa shape index (κ1) is 70.8. The van der Waals surface area contributed by atoms with E-state index in [0.29, 0.717) is 12.8 Å². The predicted molar refractivity (Wildman–Crippen MR) is 325 cm³/mol. The van der Waals surface area contributed by atoms with E-state index in [0.717, 1.165) is 135 Å². The van der Waals surface area contributed by atoms with E-state index >= 15 is 0 Å². The lowest BCUT2D eigenvalue weighted by molar-refractivity contribution is -0.167. The van der Waals surface area contributed by atoms with Crippen molar-refractivity contribution in [2.75, 3.05) is 13.2 Å². The molecule has 1 atom stereocenters. The Morgan fingerprint density at radius 2 is 0.520 bits per heavy atom. The third-order valence-corrected chi connectivity index (χ3v) is 12.9. The second-order valence-electron chi connectivity index (χ2n) is 20.2. The van der Waals surface area contributed by atoms with Gasteiger partial charge in [0, 0.05) is 19.3 Å². The molecule has 0 heterocycles. The van der Waals surface area contributed by atoms with Gasteiger partial charge in [-0.05, 0) is 128 Å². The fourth-order valence-corrected chi connectivity index (χ4v) is 8.34. The molecule has 6 nitrogen and oxygen atoms in total. The fourth-order valence-electron chi connectivity index (χ4n) is 8.34. The van der Waals surface area contributed by atoms with Crippen LogP contribution in [0, 0.1) is 0 Å². The van der Waals surface area contributed by atoms with Gasteiger partial charge in [0.15, 0.2) is 6.10 Å². The Bertz CT molecular complexity index is 1570. The van der Waals surface area contributed by atoms with Crippen LogP contribution in [0.5, 0.6) is 0 Å². The third-order valence-electron chi connectivity index (χ3n) is 12.9. The lowest BCUT2D eigenvalue weighted by Gasteiger charge is -2.18. The molecule has 0 radical (unpaired) electrons. The summed E-state index contributed by atoms with van der Waals surface area (Å²) >= 11 is 0. The van der Waals surface area contributed by atoms with Crippen molar-refractivity contribution in [2.45, 2.75) is 284 Å². The van der Waals surface area contributed by atoms with Crippen LogP contribution in [-0.2, 0) is 28.6 Å². The highest BCUT2D eigenvalue weighted by Crippen LogP contribution is 2.15. The van der Waals surface area contributed by atoms with Gasteiger partial charge in [0.05, 0.1) is 0 Å². The predicted octanol–water partition coefficient (Wildman–Crippen LogP) is 21.2. The summed E-state index contributed by atoms with van der Waals surface area (Å²) in [6.45, 7) is 6.37. The zero-order chi connectivity index (χ0) is 54.3. The monoisotopic (exact) mass is 1040 g/mol. The highest BCUT2D eigenvalue weighted by atomic mass is 16.6. The van der Waals surface area contributed by atoms with Crippen LogP contribution in [0.15, 0.2) is 122 Å². The van der Waals surface area contributed by atoms with Gasteiger partial charge in [-0.1, -0.05) is 251 Å². The van der Waals surface area contributed by atoms with Crippen molar-refractivity contribution < 1.29 is 28.6 Å². The van der Waals surface area contributed by atoms with Gasteiger partial charge in [0.25, 0.3) is 0 Å². The zero-order valence-electron chi connectivity index (χ0n) is 48.8. The summed E-state index contributed by atoms with van der Waals surface area (Å²) < 4.78 is 16.9. The number of esters is 3. The van der Waals surface area contributed by atoms with Crippen molar-refractivity contribution in [3.8, 4) is 0 Å². The van der Waals surface area contributed by atoms with E-state index in [2.05, 4.69) is 142 Å². The number of hydrogen-bond donors (Lipinski definition) is 0. The minimum Gasteiger partial charge on any atom is -0.462 e. The molecule has 6 heteroatoms. The molecule has 0 amide bonds. The van der Waals surface area contributed by atoms with Crippen molar-refractivity contribution in [1.82, 2.24) is 0 Å². The molecule has 0 aliphatic heterocycles. The maximum absolute atomic E-state index is 12.9. The fraction of sp³-hybridized carbons (Fsp3) is 0.667. The molecule has 0 aliphatic rings. The van der Waals surface area contributed by atoms with Gasteiger partial charge >= 0.3 is 17.9 Å². The van der Waals surface area contributed by atoms with Crippen LogP contribution in [0.3, 0.4) is 0 Å². The summed E-state index contributed by atoms with van der Waals surface area (Å²) in [5.74, 6) is -0.957. The Kier molecular flexibility index (Phi) is 58.9. The molecule has 0 saturated carbocycles. The Morgan fingerprint density at radius 3 is 0.840 bits per heavy atom. The molecule has 0 spiro atoms. The van der Waals surface area contributed by atoms with E-state index in [1.165, 1.54) is 103 Å². The second kappa shape index (κ2) is 62.4. The average Bonchev–Trinajstić information content (AvgIpc) is 3.41. The Balaban J connectivity index is 4.48. The van der Waals surface area contributed by atoms with Crippen LogP contribution in [-0.4, -0.2) is 37.2 Å².